The van der Waals surface area contributed by atoms with Crippen LogP contribution >= 0.6 is 0 Å². The molecule has 0 bridgehead atoms. The highest BCUT2D eigenvalue weighted by atomic mass is 19.1. The van der Waals surface area contributed by atoms with Crippen LogP contribution in [0.4, 0.5) is 10.1 Å². The van der Waals surface area contributed by atoms with Gasteiger partial charge in [-0.25, -0.2) is 4.39 Å². The van der Waals surface area contributed by atoms with E-state index in [2.05, 4.69) is 10.3 Å². The van der Waals surface area contributed by atoms with Gasteiger partial charge in [0.05, 0.1) is 11.9 Å². The minimum Gasteiger partial charge on any atom is -0.319 e. The van der Waals surface area contributed by atoms with Crippen LogP contribution in [0.3, 0.4) is 0 Å². The third-order valence-electron chi connectivity index (χ3n) is 3.35. The summed E-state index contributed by atoms with van der Waals surface area (Å²) in [5.41, 5.74) is 0.306. The van der Waals surface area contributed by atoms with Crippen molar-refractivity contribution in [1.82, 2.24) is 9.55 Å². The third kappa shape index (κ3) is 2.46. The van der Waals surface area contributed by atoms with Crippen molar-refractivity contribution < 1.29 is 9.18 Å². The van der Waals surface area contributed by atoms with Crippen LogP contribution in [0, 0.1) is 5.82 Å². The monoisotopic (exact) mass is 297 g/mol. The van der Waals surface area contributed by atoms with Crippen molar-refractivity contribution in [2.45, 2.75) is 0 Å². The molecule has 1 N–H and O–H groups in total. The maximum absolute atomic E-state index is 13.3. The Kier molecular flexibility index (Phi) is 3.42. The minimum absolute atomic E-state index is 0.145. The van der Waals surface area contributed by atoms with Crippen LogP contribution in [-0.4, -0.2) is 15.5 Å². The molecule has 2 heterocycles. The van der Waals surface area contributed by atoms with Crippen molar-refractivity contribution in [3.8, 4) is 0 Å². The molecule has 3 aromatic rings. The van der Waals surface area contributed by atoms with Crippen LogP contribution in [-0.2, 0) is 7.05 Å². The second-order valence-corrected chi connectivity index (χ2v) is 4.82. The molecule has 1 amide bonds. The Hall–Kier alpha value is -3.02. The maximum Gasteiger partial charge on any atom is 0.272 e. The number of nitrogens with zero attached hydrogens (tertiary/aromatic N) is 2. The lowest BCUT2D eigenvalue weighted by Crippen LogP contribution is -2.26. The number of carbonyl (C=O) groups excluding carboxylic acids is 1. The molecule has 0 saturated heterocycles. The van der Waals surface area contributed by atoms with Gasteiger partial charge < -0.3 is 9.88 Å². The van der Waals surface area contributed by atoms with E-state index < -0.39 is 11.7 Å². The summed E-state index contributed by atoms with van der Waals surface area (Å²) in [5.74, 6) is -0.918. The molecule has 0 unspecified atom stereocenters. The van der Waals surface area contributed by atoms with Crippen LogP contribution in [0.5, 0.6) is 0 Å². The van der Waals surface area contributed by atoms with Gasteiger partial charge in [0, 0.05) is 18.6 Å². The van der Waals surface area contributed by atoms with Gasteiger partial charge in [-0.05, 0) is 41.8 Å². The van der Waals surface area contributed by atoms with Crippen LogP contribution in [0.2, 0.25) is 0 Å². The van der Waals surface area contributed by atoms with Crippen molar-refractivity contribution in [3.63, 3.8) is 0 Å². The topological polar surface area (TPSA) is 64.0 Å². The van der Waals surface area contributed by atoms with E-state index in [1.807, 2.05) is 0 Å². The zero-order valence-electron chi connectivity index (χ0n) is 11.7. The van der Waals surface area contributed by atoms with Crippen LogP contribution < -0.4 is 10.9 Å². The smallest absolute Gasteiger partial charge is 0.272 e. The quantitative estimate of drug-likeness (QED) is 0.789. The summed E-state index contributed by atoms with van der Waals surface area (Å²) < 4.78 is 14.6. The van der Waals surface area contributed by atoms with Crippen molar-refractivity contribution >= 4 is 22.4 Å². The van der Waals surface area contributed by atoms with Crippen LogP contribution in [0.25, 0.3) is 10.8 Å². The van der Waals surface area contributed by atoms with E-state index in [1.54, 1.807) is 18.3 Å². The molecule has 2 aromatic heterocycles. The fourth-order valence-electron chi connectivity index (χ4n) is 2.23. The molecule has 0 aliphatic carbocycles. The first-order valence-corrected chi connectivity index (χ1v) is 6.57. The molecule has 0 aliphatic heterocycles. The summed E-state index contributed by atoms with van der Waals surface area (Å²) in [6.07, 6.45) is 3.08. The number of anilines is 1. The number of rotatable bonds is 2. The predicted octanol–water partition coefficient (Wildman–Crippen LogP) is 2.32. The largest absolute Gasteiger partial charge is 0.319 e. The second-order valence-electron chi connectivity index (χ2n) is 4.82. The summed E-state index contributed by atoms with van der Waals surface area (Å²) in [5, 5.41) is 3.40. The molecule has 0 radical (unpaired) electrons. The van der Waals surface area contributed by atoms with Crippen molar-refractivity contribution in [3.05, 3.63) is 70.7 Å². The Morgan fingerprint density at radius 3 is 2.82 bits per heavy atom. The molecule has 110 valence electrons. The Bertz CT molecular complexity index is 920. The number of aromatic nitrogens is 2. The molecule has 0 spiro atoms. The van der Waals surface area contributed by atoms with Crippen molar-refractivity contribution in [2.75, 3.05) is 5.32 Å². The average Bonchev–Trinajstić information content (AvgIpc) is 2.51. The van der Waals surface area contributed by atoms with E-state index in [4.69, 9.17) is 0 Å². The fourth-order valence-corrected chi connectivity index (χ4v) is 2.23. The van der Waals surface area contributed by atoms with E-state index in [9.17, 15) is 14.0 Å². The Balaban J connectivity index is 2.08. The van der Waals surface area contributed by atoms with Gasteiger partial charge in [-0.3, -0.25) is 14.6 Å². The number of benzene rings is 1. The van der Waals surface area contributed by atoms with Gasteiger partial charge in [0.15, 0.2) is 0 Å². The van der Waals surface area contributed by atoms with Gasteiger partial charge in [-0.2, -0.15) is 0 Å². The van der Waals surface area contributed by atoms with Gasteiger partial charge >= 0.3 is 0 Å². The number of carbonyl (C=O) groups is 1. The third-order valence-corrected chi connectivity index (χ3v) is 3.35. The standard InChI is InChI=1S/C16H12FN3O2/c1-20-14(15(21)19-12-3-2-6-18-9-12)8-10-7-11(17)4-5-13(10)16(20)22/h2-9H,1H3,(H,19,21). The van der Waals surface area contributed by atoms with Gasteiger partial charge in [-0.15, -0.1) is 0 Å². The number of fused-ring (bicyclic) bond motifs is 1. The molecule has 1 aromatic carbocycles. The first kappa shape index (κ1) is 13.9. The first-order valence-electron chi connectivity index (χ1n) is 6.57. The van der Waals surface area contributed by atoms with E-state index in [0.29, 0.717) is 16.5 Å². The summed E-state index contributed by atoms with van der Waals surface area (Å²) >= 11 is 0. The van der Waals surface area contributed by atoms with Crippen LogP contribution in [0.1, 0.15) is 10.5 Å². The number of nitrogens with one attached hydrogen (secondary N) is 1. The SMILES string of the molecule is Cn1c(C(=O)Nc2cccnc2)cc2cc(F)ccc2c1=O. The molecule has 3 rings (SSSR count). The van der Waals surface area contributed by atoms with E-state index in [0.717, 1.165) is 0 Å². The molecule has 0 atom stereocenters. The highest BCUT2D eigenvalue weighted by Crippen LogP contribution is 2.15. The number of pyridine rings is 2. The lowest BCUT2D eigenvalue weighted by atomic mass is 10.1. The zero-order chi connectivity index (χ0) is 15.7. The highest BCUT2D eigenvalue weighted by Gasteiger charge is 2.14. The van der Waals surface area contributed by atoms with Gasteiger partial charge in [-0.1, -0.05) is 0 Å². The fraction of sp³-hybridized carbons (Fsp3) is 0.0625. The number of hydrogen-bond donors (Lipinski definition) is 1. The van der Waals surface area contributed by atoms with Gasteiger partial charge in [0.1, 0.15) is 11.5 Å². The Morgan fingerprint density at radius 2 is 2.09 bits per heavy atom. The Labute approximate surface area is 125 Å². The molecule has 0 fully saturated rings. The zero-order valence-corrected chi connectivity index (χ0v) is 11.7. The van der Waals surface area contributed by atoms with E-state index in [1.165, 1.54) is 42.1 Å². The normalized spacial score (nSPS) is 10.6. The molecule has 5 nitrogen and oxygen atoms in total. The molecule has 22 heavy (non-hydrogen) atoms. The molecular formula is C16H12FN3O2. The summed E-state index contributed by atoms with van der Waals surface area (Å²) in [7, 11) is 1.50. The molecule has 0 saturated carbocycles. The molecule has 6 heteroatoms. The average molecular weight is 297 g/mol. The Morgan fingerprint density at radius 1 is 1.27 bits per heavy atom. The second kappa shape index (κ2) is 5.40. The first-order chi connectivity index (χ1) is 10.6. The van der Waals surface area contributed by atoms with Gasteiger partial charge in [0.25, 0.3) is 11.5 Å². The lowest BCUT2D eigenvalue weighted by molar-refractivity contribution is 0.101. The number of amides is 1. The molecular weight excluding hydrogens is 285 g/mol. The predicted molar refractivity (Wildman–Crippen MR) is 81.3 cm³/mol. The minimum atomic E-state index is -0.459. The lowest BCUT2D eigenvalue weighted by Gasteiger charge is -2.10. The van der Waals surface area contributed by atoms with Crippen molar-refractivity contribution in [2.24, 2.45) is 7.05 Å². The molecule has 0 aliphatic rings. The van der Waals surface area contributed by atoms with Gasteiger partial charge in [0.2, 0.25) is 0 Å². The van der Waals surface area contributed by atoms with Crippen LogP contribution in [0.15, 0.2) is 53.6 Å². The maximum atomic E-state index is 13.3. The summed E-state index contributed by atoms with van der Waals surface area (Å²) in [4.78, 5) is 28.5. The van der Waals surface area contributed by atoms with E-state index >= 15 is 0 Å². The summed E-state index contributed by atoms with van der Waals surface area (Å²) in [6, 6.07) is 8.73. The number of halogens is 1. The van der Waals surface area contributed by atoms with E-state index in [-0.39, 0.29) is 11.3 Å². The highest BCUT2D eigenvalue weighted by molar-refractivity contribution is 6.04. The number of hydrogen-bond acceptors (Lipinski definition) is 3. The van der Waals surface area contributed by atoms with Crippen molar-refractivity contribution in [1.29, 1.82) is 0 Å². The summed E-state index contributed by atoms with van der Waals surface area (Å²) in [6.45, 7) is 0.